The molecule has 1 aromatic heterocycles. The van der Waals surface area contributed by atoms with Gasteiger partial charge in [-0.1, -0.05) is 43.7 Å². The van der Waals surface area contributed by atoms with Crippen LogP contribution in [0.25, 0.3) is 11.3 Å². The number of nitrogens with one attached hydrogen (secondary N) is 1. The summed E-state index contributed by atoms with van der Waals surface area (Å²) in [6.07, 6.45) is 2.01. The standard InChI is InChI=1S/C29H27N3O5/c1-2-3-13-35-20-8-6-7-19(15-20)28-25-26(21-9-4-5-10-22(21)33)30-31-27(25)29(34)32(28)16-18-11-12-23-24(14-18)37-17-36-23/h4-12,14-15,28,33H,2-3,13,16-17H2,1H3,(H,30,31)/t28-/m0/s1. The first-order valence-corrected chi connectivity index (χ1v) is 12.4. The number of para-hydroxylation sites is 1. The number of carbonyl (C=O) groups is 1. The van der Waals surface area contributed by atoms with Crippen LogP contribution in [0, 0.1) is 0 Å². The quantitative estimate of drug-likeness (QED) is 0.315. The highest BCUT2D eigenvalue weighted by Gasteiger charge is 2.42. The summed E-state index contributed by atoms with van der Waals surface area (Å²) in [5.74, 6) is 2.06. The molecule has 1 atom stereocenters. The molecule has 1 amide bonds. The van der Waals surface area contributed by atoms with Crippen molar-refractivity contribution in [3.8, 4) is 34.3 Å². The van der Waals surface area contributed by atoms with Crippen molar-refractivity contribution in [1.82, 2.24) is 15.1 Å². The van der Waals surface area contributed by atoms with Gasteiger partial charge in [-0.15, -0.1) is 0 Å². The van der Waals surface area contributed by atoms with Gasteiger partial charge in [-0.25, -0.2) is 0 Å². The van der Waals surface area contributed by atoms with E-state index in [1.54, 1.807) is 18.2 Å². The van der Waals surface area contributed by atoms with E-state index in [-0.39, 0.29) is 18.4 Å². The molecule has 0 aliphatic carbocycles. The summed E-state index contributed by atoms with van der Waals surface area (Å²) in [6, 6.07) is 20.2. The van der Waals surface area contributed by atoms with E-state index in [0.29, 0.717) is 41.6 Å². The van der Waals surface area contributed by atoms with Crippen LogP contribution in [0.3, 0.4) is 0 Å². The second kappa shape index (κ2) is 9.54. The van der Waals surface area contributed by atoms with Gasteiger partial charge in [-0.05, 0) is 53.9 Å². The molecule has 0 saturated heterocycles. The minimum absolute atomic E-state index is 0.105. The van der Waals surface area contributed by atoms with Crippen molar-refractivity contribution in [1.29, 1.82) is 0 Å². The van der Waals surface area contributed by atoms with Crippen molar-refractivity contribution < 1.29 is 24.1 Å². The van der Waals surface area contributed by atoms with E-state index in [1.807, 2.05) is 53.4 Å². The molecule has 3 heterocycles. The first-order chi connectivity index (χ1) is 18.1. The van der Waals surface area contributed by atoms with Gasteiger partial charge in [0.05, 0.1) is 12.6 Å². The van der Waals surface area contributed by atoms with E-state index in [1.165, 1.54) is 0 Å². The SMILES string of the molecule is CCCCOc1cccc([C@H]2c3c(-c4ccccc4O)n[nH]c3C(=O)N2Cc2ccc3c(c2)OCO3)c1. The number of nitrogens with zero attached hydrogens (tertiary/aromatic N) is 2. The minimum atomic E-state index is -0.434. The lowest BCUT2D eigenvalue weighted by atomic mass is 9.95. The first-order valence-electron chi connectivity index (χ1n) is 12.4. The molecule has 3 aromatic carbocycles. The van der Waals surface area contributed by atoms with Crippen LogP contribution in [0.1, 0.15) is 53.0 Å². The van der Waals surface area contributed by atoms with Crippen LogP contribution < -0.4 is 14.2 Å². The van der Waals surface area contributed by atoms with Crippen LogP contribution in [-0.4, -0.2) is 39.5 Å². The average molecular weight is 498 g/mol. The topological polar surface area (TPSA) is 96.9 Å². The predicted molar refractivity (Wildman–Crippen MR) is 137 cm³/mol. The Morgan fingerprint density at radius 2 is 1.95 bits per heavy atom. The van der Waals surface area contributed by atoms with Crippen molar-refractivity contribution in [2.45, 2.75) is 32.4 Å². The molecule has 0 radical (unpaired) electrons. The van der Waals surface area contributed by atoms with E-state index in [0.717, 1.165) is 35.3 Å². The molecular weight excluding hydrogens is 470 g/mol. The van der Waals surface area contributed by atoms with Gasteiger partial charge < -0.3 is 24.2 Å². The fraction of sp³-hybridized carbons (Fsp3) is 0.241. The molecule has 4 aromatic rings. The average Bonchev–Trinajstić information content (AvgIpc) is 3.61. The molecule has 2 N–H and O–H groups in total. The molecule has 8 nitrogen and oxygen atoms in total. The Morgan fingerprint density at radius 1 is 1.08 bits per heavy atom. The Labute approximate surface area is 214 Å². The molecule has 2 aliphatic heterocycles. The summed E-state index contributed by atoms with van der Waals surface area (Å²) >= 11 is 0. The molecule has 0 fully saturated rings. The van der Waals surface area contributed by atoms with Crippen molar-refractivity contribution in [2.75, 3.05) is 13.4 Å². The highest BCUT2D eigenvalue weighted by Crippen LogP contribution is 2.46. The summed E-state index contributed by atoms with van der Waals surface area (Å²) in [5.41, 5.74) is 4.09. The summed E-state index contributed by atoms with van der Waals surface area (Å²) in [4.78, 5) is 15.6. The number of fused-ring (bicyclic) bond motifs is 2. The maximum Gasteiger partial charge on any atom is 0.273 e. The maximum atomic E-state index is 13.7. The number of rotatable bonds is 8. The van der Waals surface area contributed by atoms with Crippen LogP contribution in [-0.2, 0) is 6.54 Å². The van der Waals surface area contributed by atoms with E-state index in [9.17, 15) is 9.90 Å². The number of H-pyrrole nitrogens is 1. The number of aromatic hydroxyl groups is 1. The van der Waals surface area contributed by atoms with Crippen LogP contribution >= 0.6 is 0 Å². The van der Waals surface area contributed by atoms with E-state index < -0.39 is 6.04 Å². The number of phenolic OH excluding ortho intramolecular Hbond substituents is 1. The predicted octanol–water partition coefficient (Wildman–Crippen LogP) is 5.44. The Morgan fingerprint density at radius 3 is 2.81 bits per heavy atom. The number of hydrogen-bond donors (Lipinski definition) is 2. The molecule has 8 heteroatoms. The zero-order chi connectivity index (χ0) is 25.4. The number of aromatic nitrogens is 2. The highest BCUT2D eigenvalue weighted by atomic mass is 16.7. The second-order valence-electron chi connectivity index (χ2n) is 9.18. The molecule has 0 saturated carbocycles. The van der Waals surface area contributed by atoms with Crippen LogP contribution in [0.4, 0.5) is 0 Å². The maximum absolute atomic E-state index is 13.7. The Bertz CT molecular complexity index is 1460. The fourth-order valence-electron chi connectivity index (χ4n) is 4.93. The molecule has 0 bridgehead atoms. The lowest BCUT2D eigenvalue weighted by molar-refractivity contribution is 0.0729. The van der Waals surface area contributed by atoms with Crippen molar-refractivity contribution in [3.05, 3.63) is 89.1 Å². The summed E-state index contributed by atoms with van der Waals surface area (Å²) < 4.78 is 17.0. The zero-order valence-electron chi connectivity index (χ0n) is 20.4. The van der Waals surface area contributed by atoms with Gasteiger partial charge in [0.1, 0.15) is 22.9 Å². The zero-order valence-corrected chi connectivity index (χ0v) is 20.4. The largest absolute Gasteiger partial charge is 0.507 e. The van der Waals surface area contributed by atoms with Crippen molar-refractivity contribution >= 4 is 5.91 Å². The minimum Gasteiger partial charge on any atom is -0.507 e. The molecular formula is C29H27N3O5. The van der Waals surface area contributed by atoms with Gasteiger partial charge in [0, 0.05) is 17.7 Å². The van der Waals surface area contributed by atoms with Crippen LogP contribution in [0.15, 0.2) is 66.7 Å². The third kappa shape index (κ3) is 4.14. The fourth-order valence-corrected chi connectivity index (χ4v) is 4.93. The smallest absolute Gasteiger partial charge is 0.273 e. The third-order valence-corrected chi connectivity index (χ3v) is 6.75. The van der Waals surface area contributed by atoms with Gasteiger partial charge in [0.15, 0.2) is 11.5 Å². The summed E-state index contributed by atoms with van der Waals surface area (Å²) in [6.45, 7) is 3.29. The number of benzene rings is 3. The summed E-state index contributed by atoms with van der Waals surface area (Å²) in [5, 5.41) is 18.0. The van der Waals surface area contributed by atoms with Crippen LogP contribution in [0.2, 0.25) is 0 Å². The van der Waals surface area contributed by atoms with Crippen molar-refractivity contribution in [2.24, 2.45) is 0 Å². The van der Waals surface area contributed by atoms with E-state index >= 15 is 0 Å². The number of ether oxygens (including phenoxy) is 3. The molecule has 2 aliphatic rings. The number of unbranched alkanes of at least 4 members (excludes halogenated alkanes) is 1. The molecule has 0 spiro atoms. The van der Waals surface area contributed by atoms with E-state index in [2.05, 4.69) is 17.1 Å². The van der Waals surface area contributed by atoms with Gasteiger partial charge in [-0.2, -0.15) is 5.10 Å². The normalized spacial score (nSPS) is 15.8. The first kappa shape index (κ1) is 23.0. The molecule has 6 rings (SSSR count). The third-order valence-electron chi connectivity index (χ3n) is 6.75. The Balaban J connectivity index is 1.43. The number of amides is 1. The van der Waals surface area contributed by atoms with Crippen molar-refractivity contribution in [3.63, 3.8) is 0 Å². The number of aromatic amines is 1. The van der Waals surface area contributed by atoms with Gasteiger partial charge in [0.25, 0.3) is 5.91 Å². The number of hydrogen-bond acceptors (Lipinski definition) is 6. The molecule has 0 unspecified atom stereocenters. The Hall–Kier alpha value is -4.46. The van der Waals surface area contributed by atoms with Gasteiger partial charge >= 0.3 is 0 Å². The lowest BCUT2D eigenvalue weighted by Gasteiger charge is -2.27. The molecule has 188 valence electrons. The summed E-state index contributed by atoms with van der Waals surface area (Å²) in [7, 11) is 0. The van der Waals surface area contributed by atoms with Gasteiger partial charge in [-0.3, -0.25) is 9.89 Å². The van der Waals surface area contributed by atoms with E-state index in [4.69, 9.17) is 14.2 Å². The number of carbonyl (C=O) groups excluding carboxylic acids is 1. The highest BCUT2D eigenvalue weighted by molar-refractivity contribution is 6.00. The lowest BCUT2D eigenvalue weighted by Crippen LogP contribution is -2.29. The second-order valence-corrected chi connectivity index (χ2v) is 9.18. The van der Waals surface area contributed by atoms with Crippen LogP contribution in [0.5, 0.6) is 23.0 Å². The molecule has 37 heavy (non-hydrogen) atoms. The Kier molecular flexibility index (Phi) is 5.92. The number of phenols is 1. The monoisotopic (exact) mass is 497 g/mol. The van der Waals surface area contributed by atoms with Gasteiger partial charge in [0.2, 0.25) is 6.79 Å².